The van der Waals surface area contributed by atoms with Gasteiger partial charge in [0.2, 0.25) is 10.0 Å². The third kappa shape index (κ3) is 3.96. The lowest BCUT2D eigenvalue weighted by Crippen LogP contribution is -2.35. The minimum absolute atomic E-state index is 0.0551. The second-order valence-electron chi connectivity index (χ2n) is 4.38. The van der Waals surface area contributed by atoms with Crippen LogP contribution in [0.5, 0.6) is 0 Å². The molecule has 0 N–H and O–H groups in total. The van der Waals surface area contributed by atoms with Crippen LogP contribution in [0, 0.1) is 0 Å². The summed E-state index contributed by atoms with van der Waals surface area (Å²) in [7, 11) is -2.64. The van der Waals surface area contributed by atoms with E-state index in [-0.39, 0.29) is 11.4 Å². The van der Waals surface area contributed by atoms with Crippen molar-refractivity contribution in [3.63, 3.8) is 0 Å². The molecule has 0 atom stereocenters. The number of hydrogen-bond acceptors (Lipinski definition) is 5. The third-order valence-corrected chi connectivity index (χ3v) is 5.23. The number of esters is 1. The summed E-state index contributed by atoms with van der Waals surface area (Å²) in [6, 6.07) is 9.46. The number of benzene rings is 1. The van der Waals surface area contributed by atoms with Crippen LogP contribution in [-0.4, -0.2) is 32.3 Å². The summed E-state index contributed by atoms with van der Waals surface area (Å²) in [5.74, 6) is -0.211. The van der Waals surface area contributed by atoms with Crippen molar-refractivity contribution < 1.29 is 22.4 Å². The molecule has 0 amide bonds. The van der Waals surface area contributed by atoms with E-state index in [2.05, 4.69) is 20.7 Å². The molecule has 2 rings (SSSR count). The van der Waals surface area contributed by atoms with Gasteiger partial charge in [0.15, 0.2) is 0 Å². The summed E-state index contributed by atoms with van der Waals surface area (Å²) in [6.07, 6.45) is 1.44. The number of nitrogens with zero attached hydrogens (tertiary/aromatic N) is 1. The molecule has 0 aliphatic carbocycles. The van der Waals surface area contributed by atoms with Gasteiger partial charge in [-0.15, -0.1) is 0 Å². The summed E-state index contributed by atoms with van der Waals surface area (Å²) >= 11 is 3.25. The topological polar surface area (TPSA) is 76.8 Å². The van der Waals surface area contributed by atoms with Gasteiger partial charge in [0, 0.05) is 4.47 Å². The molecule has 0 fully saturated rings. The van der Waals surface area contributed by atoms with E-state index in [1.165, 1.54) is 25.5 Å². The highest BCUT2D eigenvalue weighted by Crippen LogP contribution is 2.20. The Hall–Kier alpha value is -1.64. The van der Waals surface area contributed by atoms with Gasteiger partial charge in [-0.1, -0.05) is 15.9 Å². The molecule has 0 aliphatic rings. The number of carbonyl (C=O) groups excluding carboxylic acids is 1. The van der Waals surface area contributed by atoms with Crippen LogP contribution in [0.2, 0.25) is 0 Å². The first-order chi connectivity index (χ1) is 10.4. The molecular weight excluding hydrogens is 374 g/mol. The molecule has 22 heavy (non-hydrogen) atoms. The zero-order valence-corrected chi connectivity index (χ0v) is 14.1. The van der Waals surface area contributed by atoms with Crippen molar-refractivity contribution in [1.29, 1.82) is 0 Å². The Kier molecular flexibility index (Phi) is 5.38. The number of hydrogen-bond donors (Lipinski definition) is 0. The van der Waals surface area contributed by atoms with E-state index in [1.807, 2.05) is 0 Å². The smallest absolute Gasteiger partial charge is 0.321 e. The predicted molar refractivity (Wildman–Crippen MR) is 82.5 cm³/mol. The fraction of sp³-hybridized carbons (Fsp3) is 0.214. The van der Waals surface area contributed by atoms with Crippen molar-refractivity contribution in [1.82, 2.24) is 4.31 Å². The van der Waals surface area contributed by atoms with E-state index >= 15 is 0 Å². The van der Waals surface area contributed by atoms with Gasteiger partial charge in [-0.3, -0.25) is 4.79 Å². The molecular formula is C14H14BrNO5S. The van der Waals surface area contributed by atoms with Crippen molar-refractivity contribution in [2.24, 2.45) is 0 Å². The Morgan fingerprint density at radius 2 is 1.95 bits per heavy atom. The Bertz CT molecular complexity index is 725. The monoisotopic (exact) mass is 387 g/mol. The van der Waals surface area contributed by atoms with Crippen LogP contribution < -0.4 is 0 Å². The van der Waals surface area contributed by atoms with E-state index in [9.17, 15) is 13.2 Å². The van der Waals surface area contributed by atoms with Gasteiger partial charge >= 0.3 is 5.97 Å². The minimum atomic E-state index is -3.85. The van der Waals surface area contributed by atoms with E-state index in [4.69, 9.17) is 4.42 Å². The van der Waals surface area contributed by atoms with Crippen molar-refractivity contribution in [2.75, 3.05) is 13.7 Å². The number of furan rings is 1. The second-order valence-corrected chi connectivity index (χ2v) is 7.24. The zero-order chi connectivity index (χ0) is 16.2. The van der Waals surface area contributed by atoms with Gasteiger partial charge in [-0.25, -0.2) is 8.42 Å². The molecule has 1 aromatic carbocycles. The zero-order valence-electron chi connectivity index (χ0n) is 11.7. The fourth-order valence-electron chi connectivity index (χ4n) is 1.77. The predicted octanol–water partition coefficient (Wildman–Crippen LogP) is 2.41. The van der Waals surface area contributed by atoms with Gasteiger partial charge in [0.1, 0.15) is 12.3 Å². The Balaban J connectivity index is 2.33. The summed E-state index contributed by atoms with van der Waals surface area (Å²) in [6.45, 7) is -0.448. The number of rotatable bonds is 6. The molecule has 2 aromatic rings. The van der Waals surface area contributed by atoms with E-state index in [0.29, 0.717) is 5.76 Å². The lowest BCUT2D eigenvalue weighted by atomic mass is 10.4. The lowest BCUT2D eigenvalue weighted by molar-refractivity contribution is -0.140. The minimum Gasteiger partial charge on any atom is -0.468 e. The maximum absolute atomic E-state index is 12.7. The van der Waals surface area contributed by atoms with Gasteiger partial charge in [0.05, 0.1) is 24.8 Å². The van der Waals surface area contributed by atoms with Crippen molar-refractivity contribution in [2.45, 2.75) is 11.4 Å². The summed E-state index contributed by atoms with van der Waals surface area (Å²) in [4.78, 5) is 11.6. The highest BCUT2D eigenvalue weighted by atomic mass is 79.9. The maximum atomic E-state index is 12.7. The third-order valence-electron chi connectivity index (χ3n) is 2.90. The first-order valence-corrected chi connectivity index (χ1v) is 8.51. The van der Waals surface area contributed by atoms with Gasteiger partial charge in [0.25, 0.3) is 0 Å². The van der Waals surface area contributed by atoms with Gasteiger partial charge in [-0.05, 0) is 36.4 Å². The molecule has 1 heterocycles. The normalized spacial score (nSPS) is 11.6. The molecule has 0 radical (unpaired) electrons. The molecule has 0 unspecified atom stereocenters. The molecule has 6 nitrogen and oxygen atoms in total. The molecule has 8 heteroatoms. The average Bonchev–Trinajstić information content (AvgIpc) is 3.00. The number of sulfonamides is 1. The van der Waals surface area contributed by atoms with Crippen molar-refractivity contribution in [3.8, 4) is 0 Å². The summed E-state index contributed by atoms with van der Waals surface area (Å²) in [5.41, 5.74) is 0. The first-order valence-electron chi connectivity index (χ1n) is 6.28. The number of ether oxygens (including phenoxy) is 1. The molecule has 0 aliphatic heterocycles. The molecule has 0 spiro atoms. The van der Waals surface area contributed by atoms with E-state index in [1.54, 1.807) is 24.3 Å². The molecule has 0 saturated carbocycles. The Morgan fingerprint density at radius 1 is 1.27 bits per heavy atom. The highest BCUT2D eigenvalue weighted by molar-refractivity contribution is 9.10. The van der Waals surface area contributed by atoms with Crippen LogP contribution in [0.1, 0.15) is 5.76 Å². The molecule has 0 bridgehead atoms. The summed E-state index contributed by atoms with van der Waals surface area (Å²) < 4.78 is 36.9. The standard InChI is InChI=1S/C14H14BrNO5S/c1-20-14(17)10-16(9-12-3-2-8-21-12)22(18,19)13-6-4-11(15)5-7-13/h2-8H,9-10H2,1H3. The Labute approximate surface area is 136 Å². The largest absolute Gasteiger partial charge is 0.468 e. The van der Waals surface area contributed by atoms with Crippen molar-refractivity contribution in [3.05, 3.63) is 52.9 Å². The molecule has 118 valence electrons. The van der Waals surface area contributed by atoms with E-state index < -0.39 is 22.5 Å². The maximum Gasteiger partial charge on any atom is 0.321 e. The van der Waals surface area contributed by atoms with Crippen LogP contribution in [0.4, 0.5) is 0 Å². The fourth-order valence-corrected chi connectivity index (χ4v) is 3.38. The Morgan fingerprint density at radius 3 is 2.50 bits per heavy atom. The van der Waals surface area contributed by atoms with Crippen LogP contribution in [0.15, 0.2) is 56.4 Å². The number of carbonyl (C=O) groups is 1. The van der Waals surface area contributed by atoms with Crippen LogP contribution in [-0.2, 0) is 26.1 Å². The first kappa shape index (κ1) is 16.7. The lowest BCUT2D eigenvalue weighted by Gasteiger charge is -2.20. The van der Waals surface area contributed by atoms with E-state index in [0.717, 1.165) is 8.78 Å². The average molecular weight is 388 g/mol. The van der Waals surface area contributed by atoms with Gasteiger partial charge < -0.3 is 9.15 Å². The quantitative estimate of drug-likeness (QED) is 0.711. The summed E-state index contributed by atoms with van der Waals surface area (Å²) in [5, 5.41) is 0. The highest BCUT2D eigenvalue weighted by Gasteiger charge is 2.28. The van der Waals surface area contributed by atoms with Crippen molar-refractivity contribution >= 4 is 31.9 Å². The number of halogens is 1. The SMILES string of the molecule is COC(=O)CN(Cc1ccco1)S(=O)(=O)c1ccc(Br)cc1. The van der Waals surface area contributed by atoms with Gasteiger partial charge in [-0.2, -0.15) is 4.31 Å². The number of methoxy groups -OCH3 is 1. The second kappa shape index (κ2) is 7.08. The molecule has 1 aromatic heterocycles. The van der Waals surface area contributed by atoms with Crippen LogP contribution in [0.3, 0.4) is 0 Å². The van der Waals surface area contributed by atoms with Crippen LogP contribution >= 0.6 is 15.9 Å². The molecule has 0 saturated heterocycles. The van der Waals surface area contributed by atoms with Crippen LogP contribution in [0.25, 0.3) is 0 Å².